The second-order valence-electron chi connectivity index (χ2n) is 7.14. The number of pyridine rings is 1. The van der Waals surface area contributed by atoms with Crippen molar-refractivity contribution in [2.24, 2.45) is 5.41 Å². The normalized spacial score (nSPS) is 24.6. The molecule has 1 spiro atoms. The van der Waals surface area contributed by atoms with Crippen molar-refractivity contribution < 1.29 is 19.4 Å². The molecule has 1 amide bonds. The van der Waals surface area contributed by atoms with E-state index < -0.39 is 5.97 Å². The van der Waals surface area contributed by atoms with Crippen LogP contribution in [-0.2, 0) is 4.74 Å². The molecule has 2 fully saturated rings. The number of nitrogens with zero attached hydrogens (tertiary/aromatic N) is 2. The van der Waals surface area contributed by atoms with Gasteiger partial charge >= 0.3 is 5.97 Å². The number of carboxylic acid groups (broad SMARTS) is 1. The fourth-order valence-electron chi connectivity index (χ4n) is 4.56. The lowest BCUT2D eigenvalue weighted by molar-refractivity contribution is -0.170. The molecule has 6 nitrogen and oxygen atoms in total. The van der Waals surface area contributed by atoms with E-state index in [1.807, 2.05) is 18.9 Å². The molecule has 136 valence electrons. The van der Waals surface area contributed by atoms with Crippen molar-refractivity contribution in [1.82, 2.24) is 9.88 Å². The first-order chi connectivity index (χ1) is 12.0. The monoisotopic (exact) mass is 346 g/mol. The number of carbonyl (C=O) groups excluding carboxylic acids is 1. The van der Waals surface area contributed by atoms with Gasteiger partial charge in [0.1, 0.15) is 5.69 Å². The number of carbonyl (C=O) groups is 2. The summed E-state index contributed by atoms with van der Waals surface area (Å²) < 4.78 is 5.96. The number of amides is 1. The van der Waals surface area contributed by atoms with Crippen molar-refractivity contribution in [3.8, 4) is 0 Å². The van der Waals surface area contributed by atoms with Crippen molar-refractivity contribution in [2.45, 2.75) is 57.6 Å². The molecule has 6 heteroatoms. The molecule has 1 N–H and O–H groups in total. The maximum Gasteiger partial charge on any atom is 0.354 e. The van der Waals surface area contributed by atoms with Crippen molar-refractivity contribution >= 4 is 11.9 Å². The Bertz CT molecular complexity index is 637. The Hall–Kier alpha value is -1.95. The van der Waals surface area contributed by atoms with Gasteiger partial charge in [-0.05, 0) is 38.3 Å². The molecule has 0 bridgehead atoms. The minimum atomic E-state index is -1.09. The first-order valence-corrected chi connectivity index (χ1v) is 9.07. The van der Waals surface area contributed by atoms with Gasteiger partial charge in [0.05, 0.1) is 11.7 Å². The van der Waals surface area contributed by atoms with Crippen LogP contribution in [0.3, 0.4) is 0 Å². The molecule has 2 aliphatic carbocycles. The van der Waals surface area contributed by atoms with Crippen LogP contribution in [0, 0.1) is 5.41 Å². The summed E-state index contributed by atoms with van der Waals surface area (Å²) in [4.78, 5) is 29.4. The van der Waals surface area contributed by atoms with Gasteiger partial charge in [0, 0.05) is 31.3 Å². The van der Waals surface area contributed by atoms with Gasteiger partial charge in [0.25, 0.3) is 5.91 Å². The highest BCUT2D eigenvalue weighted by Gasteiger charge is 2.57. The van der Waals surface area contributed by atoms with Crippen LogP contribution >= 0.6 is 0 Å². The number of aromatic nitrogens is 1. The Morgan fingerprint density at radius 1 is 1.32 bits per heavy atom. The van der Waals surface area contributed by atoms with Crippen LogP contribution in [0.1, 0.15) is 66.3 Å². The minimum Gasteiger partial charge on any atom is -0.477 e. The Kier molecular flexibility index (Phi) is 5.08. The standard InChI is InChI=1S/C19H26N2O4/c1-3-25-16-11-15(19(16)9-5-4-6-10-19)21(2)17(22)13-7-8-14(18(23)24)20-12-13/h7-8,12,15-16H,3-6,9-11H2,1-2H3,(H,23,24). The second-order valence-corrected chi connectivity index (χ2v) is 7.14. The number of carboxylic acids is 1. The van der Waals surface area contributed by atoms with Crippen molar-refractivity contribution in [3.05, 3.63) is 29.6 Å². The lowest BCUT2D eigenvalue weighted by atomic mass is 9.54. The van der Waals surface area contributed by atoms with Crippen LogP contribution in [0.25, 0.3) is 0 Å². The zero-order valence-corrected chi connectivity index (χ0v) is 14.9. The quantitative estimate of drug-likeness (QED) is 0.886. The summed E-state index contributed by atoms with van der Waals surface area (Å²) >= 11 is 0. The molecule has 1 aromatic rings. The fourth-order valence-corrected chi connectivity index (χ4v) is 4.56. The molecule has 25 heavy (non-hydrogen) atoms. The van der Waals surface area contributed by atoms with E-state index in [1.165, 1.54) is 31.5 Å². The van der Waals surface area contributed by atoms with E-state index in [9.17, 15) is 9.59 Å². The number of hydrogen-bond donors (Lipinski definition) is 1. The topological polar surface area (TPSA) is 79.7 Å². The number of hydrogen-bond acceptors (Lipinski definition) is 4. The van der Waals surface area contributed by atoms with Crippen molar-refractivity contribution in [1.29, 1.82) is 0 Å². The Balaban J connectivity index is 1.76. The molecule has 0 aromatic carbocycles. The SMILES string of the molecule is CCOC1CC(N(C)C(=O)c2ccc(C(=O)O)nc2)C12CCCCC2. The van der Waals surface area contributed by atoms with Crippen LogP contribution in [0.5, 0.6) is 0 Å². The van der Waals surface area contributed by atoms with Crippen LogP contribution in [0.4, 0.5) is 0 Å². The van der Waals surface area contributed by atoms with E-state index in [1.54, 1.807) is 6.07 Å². The van der Waals surface area contributed by atoms with Gasteiger partial charge in [0.15, 0.2) is 0 Å². The molecular weight excluding hydrogens is 320 g/mol. The minimum absolute atomic E-state index is 0.0528. The van der Waals surface area contributed by atoms with Crippen LogP contribution < -0.4 is 0 Å². The number of ether oxygens (including phenoxy) is 1. The number of aromatic carboxylic acids is 1. The second kappa shape index (κ2) is 7.12. The van der Waals surface area contributed by atoms with Gasteiger partial charge in [-0.25, -0.2) is 9.78 Å². The molecule has 0 radical (unpaired) electrons. The van der Waals surface area contributed by atoms with Crippen LogP contribution in [-0.4, -0.2) is 52.7 Å². The van der Waals surface area contributed by atoms with E-state index in [0.717, 1.165) is 19.3 Å². The summed E-state index contributed by atoms with van der Waals surface area (Å²) in [6, 6.07) is 3.10. The smallest absolute Gasteiger partial charge is 0.354 e. The molecule has 0 aliphatic heterocycles. The fraction of sp³-hybridized carbons (Fsp3) is 0.632. The zero-order chi connectivity index (χ0) is 18.0. The van der Waals surface area contributed by atoms with Crippen LogP contribution in [0.2, 0.25) is 0 Å². The summed E-state index contributed by atoms with van der Waals surface area (Å²) in [5.74, 6) is -1.19. The van der Waals surface area contributed by atoms with E-state index in [-0.39, 0.29) is 29.2 Å². The lowest BCUT2D eigenvalue weighted by Gasteiger charge is -2.60. The summed E-state index contributed by atoms with van der Waals surface area (Å²) in [6.07, 6.45) is 8.32. The molecule has 3 rings (SSSR count). The van der Waals surface area contributed by atoms with Gasteiger partial charge < -0.3 is 14.7 Å². The molecule has 0 saturated heterocycles. The van der Waals surface area contributed by atoms with E-state index >= 15 is 0 Å². The zero-order valence-electron chi connectivity index (χ0n) is 14.9. The van der Waals surface area contributed by atoms with Crippen molar-refractivity contribution in [3.63, 3.8) is 0 Å². The van der Waals surface area contributed by atoms with Gasteiger partial charge in [-0.1, -0.05) is 19.3 Å². The summed E-state index contributed by atoms with van der Waals surface area (Å²) in [6.45, 7) is 2.73. The first kappa shape index (κ1) is 17.9. The van der Waals surface area contributed by atoms with E-state index in [2.05, 4.69) is 4.98 Å². The highest BCUT2D eigenvalue weighted by atomic mass is 16.5. The van der Waals surface area contributed by atoms with Crippen molar-refractivity contribution in [2.75, 3.05) is 13.7 Å². The Morgan fingerprint density at radius 3 is 2.60 bits per heavy atom. The third kappa shape index (κ3) is 3.15. The molecular formula is C19H26N2O4. The number of rotatable bonds is 5. The maximum absolute atomic E-state index is 12.8. The third-order valence-electron chi connectivity index (χ3n) is 5.91. The summed E-state index contributed by atoms with van der Waals surface area (Å²) in [7, 11) is 1.84. The van der Waals surface area contributed by atoms with Gasteiger partial charge in [-0.3, -0.25) is 4.79 Å². The Morgan fingerprint density at radius 2 is 2.04 bits per heavy atom. The van der Waals surface area contributed by atoms with Gasteiger partial charge in [0.2, 0.25) is 0 Å². The van der Waals surface area contributed by atoms with Gasteiger partial charge in [-0.2, -0.15) is 0 Å². The maximum atomic E-state index is 12.8. The molecule has 1 heterocycles. The molecule has 2 saturated carbocycles. The average Bonchev–Trinajstić information content (AvgIpc) is 2.64. The highest BCUT2D eigenvalue weighted by Crippen LogP contribution is 2.55. The third-order valence-corrected chi connectivity index (χ3v) is 5.91. The summed E-state index contributed by atoms with van der Waals surface area (Å²) in [5.41, 5.74) is 0.453. The molecule has 2 aliphatic rings. The average molecular weight is 346 g/mol. The molecule has 2 unspecified atom stereocenters. The molecule has 1 aromatic heterocycles. The van der Waals surface area contributed by atoms with Crippen LogP contribution in [0.15, 0.2) is 18.3 Å². The Labute approximate surface area is 148 Å². The highest BCUT2D eigenvalue weighted by molar-refractivity contribution is 5.95. The van der Waals surface area contributed by atoms with Gasteiger partial charge in [-0.15, -0.1) is 0 Å². The molecule has 2 atom stereocenters. The first-order valence-electron chi connectivity index (χ1n) is 9.07. The van der Waals surface area contributed by atoms with E-state index in [4.69, 9.17) is 9.84 Å². The predicted molar refractivity (Wildman–Crippen MR) is 92.6 cm³/mol. The van der Waals surface area contributed by atoms with E-state index in [0.29, 0.717) is 12.2 Å². The lowest BCUT2D eigenvalue weighted by Crippen LogP contribution is -2.65. The summed E-state index contributed by atoms with van der Waals surface area (Å²) in [5, 5.41) is 8.93. The predicted octanol–water partition coefficient (Wildman–Crippen LogP) is 2.98. The largest absolute Gasteiger partial charge is 0.477 e.